The van der Waals surface area contributed by atoms with Crippen molar-refractivity contribution in [3.63, 3.8) is 0 Å². The Morgan fingerprint density at radius 1 is 1.24 bits per heavy atom. The molecular formula is C14H24N2S. The molecule has 0 aliphatic heterocycles. The van der Waals surface area contributed by atoms with E-state index in [2.05, 4.69) is 29.5 Å². The molecule has 0 bridgehead atoms. The standard InChI is InChI=1S/C14H24N2S/c1-11(13-7-5-3-4-6-8-13)16-12(2)14-15-9-10-17-14/h9-13,16H,3-8H2,1-2H3/t11-,12?/m0/s1. The van der Waals surface area contributed by atoms with Crippen LogP contribution in [0.2, 0.25) is 0 Å². The zero-order chi connectivity index (χ0) is 12.1. The van der Waals surface area contributed by atoms with Crippen molar-refractivity contribution in [2.45, 2.75) is 64.5 Å². The second-order valence-electron chi connectivity index (χ2n) is 5.30. The maximum absolute atomic E-state index is 4.39. The molecule has 17 heavy (non-hydrogen) atoms. The van der Waals surface area contributed by atoms with Crippen LogP contribution in [0.3, 0.4) is 0 Å². The molecule has 0 amide bonds. The third kappa shape index (κ3) is 3.78. The van der Waals surface area contributed by atoms with Gasteiger partial charge in [-0.3, -0.25) is 0 Å². The van der Waals surface area contributed by atoms with Gasteiger partial charge >= 0.3 is 0 Å². The van der Waals surface area contributed by atoms with Crippen LogP contribution >= 0.6 is 11.3 Å². The van der Waals surface area contributed by atoms with Crippen LogP contribution in [0.15, 0.2) is 11.6 Å². The average Bonchev–Trinajstić information content (AvgIpc) is 2.71. The number of aromatic nitrogens is 1. The monoisotopic (exact) mass is 252 g/mol. The molecule has 0 radical (unpaired) electrons. The van der Waals surface area contributed by atoms with Crippen LogP contribution in [-0.4, -0.2) is 11.0 Å². The Morgan fingerprint density at radius 2 is 1.94 bits per heavy atom. The lowest BCUT2D eigenvalue weighted by Gasteiger charge is -2.26. The second-order valence-corrected chi connectivity index (χ2v) is 6.23. The Hall–Kier alpha value is -0.410. The van der Waals surface area contributed by atoms with Crippen molar-refractivity contribution < 1.29 is 0 Å². The van der Waals surface area contributed by atoms with Gasteiger partial charge in [-0.15, -0.1) is 11.3 Å². The predicted octanol–water partition coefficient (Wildman–Crippen LogP) is 4.15. The highest BCUT2D eigenvalue weighted by atomic mass is 32.1. The Balaban J connectivity index is 1.85. The maximum Gasteiger partial charge on any atom is 0.109 e. The van der Waals surface area contributed by atoms with E-state index >= 15 is 0 Å². The number of hydrogen-bond acceptors (Lipinski definition) is 3. The summed E-state index contributed by atoms with van der Waals surface area (Å²) in [5.74, 6) is 0.861. The molecule has 1 heterocycles. The van der Waals surface area contributed by atoms with Gasteiger partial charge in [0.05, 0.1) is 6.04 Å². The molecule has 1 fully saturated rings. The van der Waals surface area contributed by atoms with Gasteiger partial charge in [0.1, 0.15) is 5.01 Å². The third-order valence-electron chi connectivity index (χ3n) is 3.94. The normalized spacial score (nSPS) is 22.0. The van der Waals surface area contributed by atoms with E-state index in [9.17, 15) is 0 Å². The predicted molar refractivity (Wildman–Crippen MR) is 74.3 cm³/mol. The number of nitrogens with one attached hydrogen (secondary N) is 1. The van der Waals surface area contributed by atoms with Gasteiger partial charge in [0, 0.05) is 17.6 Å². The van der Waals surface area contributed by atoms with Crippen LogP contribution in [0.1, 0.15) is 63.4 Å². The first-order valence-electron chi connectivity index (χ1n) is 6.93. The molecule has 2 nitrogen and oxygen atoms in total. The molecule has 0 saturated heterocycles. The van der Waals surface area contributed by atoms with Crippen molar-refractivity contribution in [3.05, 3.63) is 16.6 Å². The lowest BCUT2D eigenvalue weighted by molar-refractivity contribution is 0.316. The van der Waals surface area contributed by atoms with Crippen molar-refractivity contribution in [3.8, 4) is 0 Å². The Labute approximate surface area is 109 Å². The van der Waals surface area contributed by atoms with Crippen molar-refractivity contribution in [2.75, 3.05) is 0 Å². The molecule has 2 atom stereocenters. The van der Waals surface area contributed by atoms with Crippen molar-refractivity contribution in [2.24, 2.45) is 5.92 Å². The minimum Gasteiger partial charge on any atom is -0.305 e. The molecule has 1 N–H and O–H groups in total. The lowest BCUT2D eigenvalue weighted by Crippen LogP contribution is -2.35. The molecule has 3 heteroatoms. The molecule has 1 aromatic heterocycles. The quantitative estimate of drug-likeness (QED) is 0.814. The van der Waals surface area contributed by atoms with Crippen molar-refractivity contribution >= 4 is 11.3 Å². The summed E-state index contributed by atoms with van der Waals surface area (Å²) in [7, 11) is 0. The van der Waals surface area contributed by atoms with Crippen LogP contribution in [0.25, 0.3) is 0 Å². The summed E-state index contributed by atoms with van der Waals surface area (Å²) in [4.78, 5) is 4.39. The van der Waals surface area contributed by atoms with Crippen LogP contribution in [-0.2, 0) is 0 Å². The highest BCUT2D eigenvalue weighted by Gasteiger charge is 2.21. The van der Waals surface area contributed by atoms with E-state index in [4.69, 9.17) is 0 Å². The van der Waals surface area contributed by atoms with E-state index in [0.29, 0.717) is 12.1 Å². The van der Waals surface area contributed by atoms with Gasteiger partial charge in [0.15, 0.2) is 0 Å². The molecule has 96 valence electrons. The van der Waals surface area contributed by atoms with Gasteiger partial charge in [-0.1, -0.05) is 25.7 Å². The van der Waals surface area contributed by atoms with Crippen molar-refractivity contribution in [1.82, 2.24) is 10.3 Å². The number of nitrogens with zero attached hydrogens (tertiary/aromatic N) is 1. The van der Waals surface area contributed by atoms with E-state index < -0.39 is 0 Å². The fourth-order valence-corrected chi connectivity index (χ4v) is 3.52. The Kier molecular flexibility index (Phi) is 4.99. The maximum atomic E-state index is 4.39. The van der Waals surface area contributed by atoms with Crippen molar-refractivity contribution in [1.29, 1.82) is 0 Å². The molecule has 0 spiro atoms. The summed E-state index contributed by atoms with van der Waals surface area (Å²) in [6, 6.07) is 1.01. The van der Waals surface area contributed by atoms with Gasteiger partial charge in [0.2, 0.25) is 0 Å². The summed E-state index contributed by atoms with van der Waals surface area (Å²) in [5, 5.41) is 7.00. The van der Waals surface area contributed by atoms with Gasteiger partial charge in [-0.25, -0.2) is 4.98 Å². The third-order valence-corrected chi connectivity index (χ3v) is 4.90. The first-order chi connectivity index (χ1) is 8.27. The average molecular weight is 252 g/mol. The highest BCUT2D eigenvalue weighted by molar-refractivity contribution is 7.09. The lowest BCUT2D eigenvalue weighted by atomic mass is 9.92. The fraction of sp³-hybridized carbons (Fsp3) is 0.786. The SMILES string of the molecule is CC(N[C@@H](C)C1CCCCCC1)c1nccs1. The molecule has 2 rings (SSSR count). The van der Waals surface area contributed by atoms with Crippen LogP contribution in [0.5, 0.6) is 0 Å². The molecule has 1 saturated carbocycles. The van der Waals surface area contributed by atoms with Gasteiger partial charge in [-0.2, -0.15) is 0 Å². The first-order valence-corrected chi connectivity index (χ1v) is 7.81. The number of rotatable bonds is 4. The van der Waals surface area contributed by atoms with Gasteiger partial charge in [0.25, 0.3) is 0 Å². The Bertz CT molecular complexity index is 302. The molecule has 1 aliphatic carbocycles. The Morgan fingerprint density at radius 3 is 2.53 bits per heavy atom. The zero-order valence-electron chi connectivity index (χ0n) is 11.0. The largest absolute Gasteiger partial charge is 0.305 e. The molecule has 1 unspecified atom stereocenters. The summed E-state index contributed by atoms with van der Waals surface area (Å²) >= 11 is 1.75. The van der Waals surface area contributed by atoms with E-state index in [-0.39, 0.29) is 0 Å². The molecular weight excluding hydrogens is 228 g/mol. The summed E-state index contributed by atoms with van der Waals surface area (Å²) in [5.41, 5.74) is 0. The number of thiazole rings is 1. The summed E-state index contributed by atoms with van der Waals surface area (Å²) in [6.45, 7) is 4.58. The summed E-state index contributed by atoms with van der Waals surface area (Å²) in [6.07, 6.45) is 10.4. The van der Waals surface area contributed by atoms with E-state index in [1.807, 2.05) is 6.20 Å². The number of hydrogen-bond donors (Lipinski definition) is 1. The zero-order valence-corrected chi connectivity index (χ0v) is 11.8. The highest BCUT2D eigenvalue weighted by Crippen LogP contribution is 2.27. The smallest absolute Gasteiger partial charge is 0.109 e. The van der Waals surface area contributed by atoms with E-state index in [0.717, 1.165) is 5.92 Å². The van der Waals surface area contributed by atoms with Crippen LogP contribution in [0.4, 0.5) is 0 Å². The van der Waals surface area contributed by atoms with E-state index in [1.165, 1.54) is 43.5 Å². The molecule has 1 aliphatic rings. The van der Waals surface area contributed by atoms with Gasteiger partial charge < -0.3 is 5.32 Å². The fourth-order valence-electron chi connectivity index (χ4n) is 2.86. The van der Waals surface area contributed by atoms with E-state index in [1.54, 1.807) is 11.3 Å². The second kappa shape index (κ2) is 6.50. The minimum absolute atomic E-state index is 0.397. The van der Waals surface area contributed by atoms with Crippen LogP contribution in [0, 0.1) is 5.92 Å². The molecule has 0 aromatic carbocycles. The van der Waals surface area contributed by atoms with Crippen LogP contribution < -0.4 is 5.32 Å². The first kappa shape index (κ1) is 13.0. The minimum atomic E-state index is 0.397. The topological polar surface area (TPSA) is 24.9 Å². The van der Waals surface area contributed by atoms with Gasteiger partial charge in [-0.05, 0) is 32.6 Å². The summed E-state index contributed by atoms with van der Waals surface area (Å²) < 4.78 is 0. The molecule has 1 aromatic rings.